The first-order valence-electron chi connectivity index (χ1n) is 10.3. The fraction of sp³-hybridized carbons (Fsp3) is 0.348. The molecule has 2 heterocycles. The zero-order valence-electron chi connectivity index (χ0n) is 16.9. The maximum absolute atomic E-state index is 12.9. The minimum absolute atomic E-state index is 0.0942. The minimum atomic E-state index is -0.569. The minimum Gasteiger partial charge on any atom is -0.342 e. The number of piperazine rings is 1. The SMILES string of the molecule is CCc1ccc(NC(=O)N[C@H]2C[C@H]3C(=O)N[C@H](Cc4ccccc4)C(=O)N3C2)cc1. The number of hydrogen-bond acceptors (Lipinski definition) is 3. The van der Waals surface area contributed by atoms with Crippen molar-refractivity contribution in [3.8, 4) is 0 Å². The highest BCUT2D eigenvalue weighted by atomic mass is 16.2. The zero-order valence-corrected chi connectivity index (χ0v) is 16.9. The normalized spacial score (nSPS) is 23.0. The van der Waals surface area contributed by atoms with Crippen molar-refractivity contribution in [1.82, 2.24) is 15.5 Å². The van der Waals surface area contributed by atoms with Crippen molar-refractivity contribution in [2.24, 2.45) is 0 Å². The average molecular weight is 406 g/mol. The van der Waals surface area contributed by atoms with Gasteiger partial charge in [0.05, 0.1) is 6.04 Å². The smallest absolute Gasteiger partial charge is 0.319 e. The van der Waals surface area contributed by atoms with Crippen LogP contribution in [0.3, 0.4) is 0 Å². The number of nitrogens with zero attached hydrogens (tertiary/aromatic N) is 1. The molecule has 0 unspecified atom stereocenters. The second-order valence-corrected chi connectivity index (χ2v) is 7.84. The molecule has 7 nitrogen and oxygen atoms in total. The van der Waals surface area contributed by atoms with E-state index in [2.05, 4.69) is 22.9 Å². The van der Waals surface area contributed by atoms with Gasteiger partial charge in [-0.25, -0.2) is 4.79 Å². The molecule has 2 aromatic rings. The molecule has 0 bridgehead atoms. The van der Waals surface area contributed by atoms with Gasteiger partial charge >= 0.3 is 6.03 Å². The highest BCUT2D eigenvalue weighted by molar-refractivity contribution is 5.98. The van der Waals surface area contributed by atoms with E-state index in [0.29, 0.717) is 25.1 Å². The third kappa shape index (κ3) is 4.30. The maximum Gasteiger partial charge on any atom is 0.319 e. The van der Waals surface area contributed by atoms with E-state index in [1.165, 1.54) is 5.56 Å². The number of urea groups is 1. The number of carbonyl (C=O) groups is 3. The van der Waals surface area contributed by atoms with Crippen LogP contribution in [0.4, 0.5) is 10.5 Å². The fourth-order valence-electron chi connectivity index (χ4n) is 4.13. The molecule has 3 N–H and O–H groups in total. The van der Waals surface area contributed by atoms with E-state index in [1.807, 2.05) is 54.6 Å². The summed E-state index contributed by atoms with van der Waals surface area (Å²) in [6.45, 7) is 2.41. The molecule has 0 aromatic heterocycles. The monoisotopic (exact) mass is 406 g/mol. The Kier molecular flexibility index (Phi) is 5.70. The maximum atomic E-state index is 12.9. The standard InChI is InChI=1S/C23H26N4O3/c1-2-15-8-10-17(11-9-15)24-23(30)25-18-13-20-21(28)26-19(22(29)27(20)14-18)12-16-6-4-3-5-7-16/h3-11,18-20H,2,12-14H2,1H3,(H,26,28)(H2,24,25,30)/t18-,19+,20-/m0/s1. The predicted octanol–water partition coefficient (Wildman–Crippen LogP) is 2.08. The number of anilines is 1. The second-order valence-electron chi connectivity index (χ2n) is 7.84. The van der Waals surface area contributed by atoms with Gasteiger partial charge in [-0.2, -0.15) is 0 Å². The molecule has 0 radical (unpaired) electrons. The van der Waals surface area contributed by atoms with E-state index < -0.39 is 12.1 Å². The largest absolute Gasteiger partial charge is 0.342 e. The van der Waals surface area contributed by atoms with E-state index in [-0.39, 0.29) is 23.9 Å². The first-order valence-corrected chi connectivity index (χ1v) is 10.3. The van der Waals surface area contributed by atoms with Gasteiger partial charge in [0, 0.05) is 18.7 Å². The van der Waals surface area contributed by atoms with Crippen LogP contribution in [0.25, 0.3) is 0 Å². The van der Waals surface area contributed by atoms with Gasteiger partial charge in [-0.1, -0.05) is 49.4 Å². The van der Waals surface area contributed by atoms with Gasteiger partial charge in [0.25, 0.3) is 0 Å². The van der Waals surface area contributed by atoms with Crippen LogP contribution in [0.15, 0.2) is 54.6 Å². The van der Waals surface area contributed by atoms with E-state index in [0.717, 1.165) is 12.0 Å². The van der Waals surface area contributed by atoms with E-state index in [4.69, 9.17) is 0 Å². The molecule has 7 heteroatoms. The first kappa shape index (κ1) is 19.9. The molecule has 2 aliphatic heterocycles. The highest BCUT2D eigenvalue weighted by Gasteiger charge is 2.46. The van der Waals surface area contributed by atoms with Gasteiger partial charge in [-0.3, -0.25) is 9.59 Å². The van der Waals surface area contributed by atoms with Crippen molar-refractivity contribution in [3.63, 3.8) is 0 Å². The Labute approximate surface area is 175 Å². The number of amides is 4. The van der Waals surface area contributed by atoms with Crippen LogP contribution in [0, 0.1) is 0 Å². The van der Waals surface area contributed by atoms with Crippen LogP contribution in [-0.4, -0.2) is 47.4 Å². The summed E-state index contributed by atoms with van der Waals surface area (Å²) in [7, 11) is 0. The lowest BCUT2D eigenvalue weighted by molar-refractivity contribution is -0.147. The molecule has 0 saturated carbocycles. The summed E-state index contributed by atoms with van der Waals surface area (Å²) < 4.78 is 0. The Morgan fingerprint density at radius 1 is 1.07 bits per heavy atom. The van der Waals surface area contributed by atoms with Gasteiger partial charge in [0.1, 0.15) is 12.1 Å². The number of benzene rings is 2. The number of nitrogens with one attached hydrogen (secondary N) is 3. The van der Waals surface area contributed by atoms with Crippen LogP contribution >= 0.6 is 0 Å². The summed E-state index contributed by atoms with van der Waals surface area (Å²) in [5, 5.41) is 8.56. The molecule has 0 spiro atoms. The summed E-state index contributed by atoms with van der Waals surface area (Å²) in [5.74, 6) is -0.251. The van der Waals surface area contributed by atoms with E-state index in [9.17, 15) is 14.4 Å². The molecular weight excluding hydrogens is 380 g/mol. The molecule has 0 aliphatic carbocycles. The van der Waals surface area contributed by atoms with Gasteiger partial charge in [-0.15, -0.1) is 0 Å². The third-order valence-electron chi connectivity index (χ3n) is 5.74. The summed E-state index contributed by atoms with van der Waals surface area (Å²) >= 11 is 0. The Morgan fingerprint density at radius 2 is 1.80 bits per heavy atom. The molecule has 3 atom stereocenters. The molecule has 156 valence electrons. The van der Waals surface area contributed by atoms with E-state index in [1.54, 1.807) is 4.90 Å². The van der Waals surface area contributed by atoms with Crippen molar-refractivity contribution in [1.29, 1.82) is 0 Å². The Hall–Kier alpha value is -3.35. The number of fused-ring (bicyclic) bond motifs is 1. The molecule has 30 heavy (non-hydrogen) atoms. The topological polar surface area (TPSA) is 90.5 Å². The molecule has 2 fully saturated rings. The van der Waals surface area contributed by atoms with Crippen molar-refractivity contribution >= 4 is 23.5 Å². The second kappa shape index (κ2) is 8.57. The molecular formula is C23H26N4O3. The zero-order chi connectivity index (χ0) is 21.1. The molecule has 4 rings (SSSR count). The van der Waals surface area contributed by atoms with Crippen LogP contribution in [0.5, 0.6) is 0 Å². The Morgan fingerprint density at radius 3 is 2.50 bits per heavy atom. The Bertz CT molecular complexity index is 929. The number of carbonyl (C=O) groups excluding carboxylic acids is 3. The predicted molar refractivity (Wildman–Crippen MR) is 114 cm³/mol. The Balaban J connectivity index is 1.35. The van der Waals surface area contributed by atoms with Gasteiger partial charge in [0.2, 0.25) is 11.8 Å². The lowest BCUT2D eigenvalue weighted by Gasteiger charge is -2.34. The van der Waals surface area contributed by atoms with Gasteiger partial charge in [0.15, 0.2) is 0 Å². The van der Waals surface area contributed by atoms with Crippen molar-refractivity contribution in [2.45, 2.75) is 44.3 Å². The van der Waals surface area contributed by atoms with Crippen molar-refractivity contribution in [2.75, 3.05) is 11.9 Å². The van der Waals surface area contributed by atoms with E-state index >= 15 is 0 Å². The molecule has 4 amide bonds. The number of rotatable bonds is 5. The third-order valence-corrected chi connectivity index (χ3v) is 5.74. The van der Waals surface area contributed by atoms with Gasteiger partial charge < -0.3 is 20.9 Å². The van der Waals surface area contributed by atoms with Crippen LogP contribution in [0.1, 0.15) is 24.5 Å². The summed E-state index contributed by atoms with van der Waals surface area (Å²) in [4.78, 5) is 39.5. The van der Waals surface area contributed by atoms with Crippen molar-refractivity contribution in [3.05, 3.63) is 65.7 Å². The molecule has 2 saturated heterocycles. The number of aryl methyl sites for hydroxylation is 1. The fourth-order valence-corrected chi connectivity index (χ4v) is 4.13. The molecule has 2 aromatic carbocycles. The highest BCUT2D eigenvalue weighted by Crippen LogP contribution is 2.24. The van der Waals surface area contributed by atoms with Crippen molar-refractivity contribution < 1.29 is 14.4 Å². The van der Waals surface area contributed by atoms with Crippen LogP contribution in [-0.2, 0) is 22.4 Å². The lowest BCUT2D eigenvalue weighted by Crippen LogP contribution is -2.61. The number of hydrogen-bond donors (Lipinski definition) is 3. The van der Waals surface area contributed by atoms with Crippen LogP contribution < -0.4 is 16.0 Å². The molecule has 2 aliphatic rings. The van der Waals surface area contributed by atoms with Gasteiger partial charge in [-0.05, 0) is 36.1 Å². The summed E-state index contributed by atoms with van der Waals surface area (Å²) in [6.07, 6.45) is 1.81. The lowest BCUT2D eigenvalue weighted by atomic mass is 10.0. The summed E-state index contributed by atoms with van der Waals surface area (Å²) in [5.41, 5.74) is 2.90. The van der Waals surface area contributed by atoms with Crippen LogP contribution in [0.2, 0.25) is 0 Å². The average Bonchev–Trinajstić information content (AvgIpc) is 3.17. The first-order chi connectivity index (χ1) is 14.5. The quantitative estimate of drug-likeness (QED) is 0.710. The summed E-state index contributed by atoms with van der Waals surface area (Å²) in [6, 6.07) is 15.6.